The number of carbonyl (C=O) groups is 1. The molecule has 3 aliphatic heterocycles. The number of hydrogen-bond donors (Lipinski definition) is 1. The molecule has 274 valence electrons. The number of nitrogens with zero attached hydrogens (tertiary/aromatic N) is 2. The smallest absolute Gasteiger partial charge is 0.264 e. The van der Waals surface area contributed by atoms with Gasteiger partial charge in [0.15, 0.2) is 0 Å². The molecular formula is C40H50ClN3O6S. The van der Waals surface area contributed by atoms with Crippen molar-refractivity contribution in [1.29, 1.82) is 0 Å². The fraction of sp³-hybridized carbons (Fsp3) is 0.575. The van der Waals surface area contributed by atoms with Crippen LogP contribution in [0, 0.1) is 30.1 Å². The van der Waals surface area contributed by atoms with E-state index >= 15 is 0 Å². The molecule has 1 spiro atoms. The van der Waals surface area contributed by atoms with Crippen molar-refractivity contribution in [2.75, 3.05) is 64.1 Å². The Kier molecular flexibility index (Phi) is 10.5. The summed E-state index contributed by atoms with van der Waals surface area (Å²) >= 11 is 6.47. The first-order chi connectivity index (χ1) is 24.5. The monoisotopic (exact) mass is 735 g/mol. The van der Waals surface area contributed by atoms with Gasteiger partial charge in [0.1, 0.15) is 11.4 Å². The van der Waals surface area contributed by atoms with Crippen LogP contribution in [0.5, 0.6) is 5.75 Å². The zero-order valence-corrected chi connectivity index (χ0v) is 31.3. The number of rotatable bonds is 4. The molecule has 5 aliphatic rings. The standard InChI is InChI=1S/C40H50ClN3O6S/c1-4-40(50-22-19-43-17-20-48-21-18-43)16-5-7-28(2)29(3)51(46,47)42-38(45)31-10-14-37-36(24-31)44(25-32-9-12-35(32)40)26-39(27-49-37)15-6-8-30-23-33(41)11-13-34(30)39/h1,5,10-11,13-14,16,23-24,28-29,32,35H,6-9,12,15,17-22,25-27H2,2-3H3,(H,42,45)/b16-5-/t28-,29+,32-,35+,39-,40+/m0/s1. The number of ether oxygens (including phenoxy) is 3. The first-order valence-electron chi connectivity index (χ1n) is 18.5. The maximum Gasteiger partial charge on any atom is 0.264 e. The molecule has 9 nitrogen and oxygen atoms in total. The zero-order chi connectivity index (χ0) is 35.8. The summed E-state index contributed by atoms with van der Waals surface area (Å²) in [5.74, 6) is 3.14. The number of amides is 1. The van der Waals surface area contributed by atoms with Crippen molar-refractivity contribution in [3.63, 3.8) is 0 Å². The Morgan fingerprint density at radius 2 is 1.96 bits per heavy atom. The summed E-state index contributed by atoms with van der Waals surface area (Å²) in [6, 6.07) is 11.5. The number of halogens is 1. The van der Waals surface area contributed by atoms with Crippen LogP contribution in [0.3, 0.4) is 0 Å². The topological polar surface area (TPSA) is 97.4 Å². The number of benzene rings is 2. The lowest BCUT2D eigenvalue weighted by atomic mass is 9.64. The number of anilines is 1. The second kappa shape index (κ2) is 14.7. The molecular weight excluding hydrogens is 686 g/mol. The SMILES string of the molecule is C#C[C@@]1(OCCN2CCOCC2)/C=C\C[C@H](C)[C@@H](C)S(=O)(=O)NC(=O)c2ccc3c(c2)N(C[C@@H]2CC[C@H]21)C[C@@]1(CCCc2cc(Cl)ccc21)CO3. The van der Waals surface area contributed by atoms with E-state index in [-0.39, 0.29) is 28.7 Å². The Morgan fingerprint density at radius 3 is 2.73 bits per heavy atom. The molecule has 11 heteroatoms. The number of nitrogens with one attached hydrogen (secondary N) is 1. The average Bonchev–Trinajstić information content (AvgIpc) is 3.26. The van der Waals surface area contributed by atoms with E-state index in [4.69, 9.17) is 32.2 Å². The van der Waals surface area contributed by atoms with Crippen LogP contribution in [-0.4, -0.2) is 89.2 Å². The second-order valence-corrected chi connectivity index (χ2v) is 17.7. The minimum absolute atomic E-state index is 0.0558. The van der Waals surface area contributed by atoms with Crippen LogP contribution in [0.1, 0.15) is 67.4 Å². The number of aryl methyl sites for hydroxylation is 1. The van der Waals surface area contributed by atoms with Crippen LogP contribution in [-0.2, 0) is 31.3 Å². The maximum absolute atomic E-state index is 13.6. The minimum atomic E-state index is -3.98. The minimum Gasteiger partial charge on any atom is -0.490 e. The summed E-state index contributed by atoms with van der Waals surface area (Å²) in [5, 5.41) is -0.0918. The largest absolute Gasteiger partial charge is 0.490 e. The predicted molar refractivity (Wildman–Crippen MR) is 200 cm³/mol. The van der Waals surface area contributed by atoms with E-state index < -0.39 is 26.8 Å². The molecule has 51 heavy (non-hydrogen) atoms. The summed E-state index contributed by atoms with van der Waals surface area (Å²) < 4.78 is 48.4. The number of terminal acetylenes is 1. The molecule has 2 fully saturated rings. The van der Waals surface area contributed by atoms with Gasteiger partial charge in [-0.3, -0.25) is 9.69 Å². The van der Waals surface area contributed by atoms with E-state index in [1.165, 1.54) is 11.1 Å². The van der Waals surface area contributed by atoms with E-state index in [1.807, 2.05) is 31.2 Å². The molecule has 0 radical (unpaired) electrons. The maximum atomic E-state index is 13.6. The molecule has 1 amide bonds. The lowest BCUT2D eigenvalue weighted by Gasteiger charge is -2.49. The fourth-order valence-corrected chi connectivity index (χ4v) is 10.3. The molecule has 1 saturated carbocycles. The van der Waals surface area contributed by atoms with Gasteiger partial charge >= 0.3 is 0 Å². The Hall–Kier alpha value is -3.07. The van der Waals surface area contributed by atoms with Crippen LogP contribution in [0.2, 0.25) is 5.02 Å². The third-order valence-electron chi connectivity index (χ3n) is 12.2. The number of sulfonamides is 1. The highest BCUT2D eigenvalue weighted by atomic mass is 35.5. The summed E-state index contributed by atoms with van der Waals surface area (Å²) in [5.41, 5.74) is 2.32. The quantitative estimate of drug-likeness (QED) is 0.320. The normalized spacial score (nSPS) is 33.0. The lowest BCUT2D eigenvalue weighted by Crippen LogP contribution is -2.53. The molecule has 7 rings (SSSR count). The van der Waals surface area contributed by atoms with E-state index in [2.05, 4.69) is 32.6 Å². The molecule has 2 aromatic rings. The highest BCUT2D eigenvalue weighted by molar-refractivity contribution is 7.90. The highest BCUT2D eigenvalue weighted by Gasteiger charge is 2.49. The van der Waals surface area contributed by atoms with Gasteiger partial charge < -0.3 is 19.1 Å². The van der Waals surface area contributed by atoms with Crippen LogP contribution >= 0.6 is 11.6 Å². The number of fused-ring (bicyclic) bond motifs is 4. The third kappa shape index (κ3) is 7.30. The Morgan fingerprint density at radius 1 is 1.14 bits per heavy atom. The van der Waals surface area contributed by atoms with Gasteiger partial charge in [-0.2, -0.15) is 0 Å². The first-order valence-corrected chi connectivity index (χ1v) is 20.4. The molecule has 3 heterocycles. The predicted octanol–water partition coefficient (Wildman–Crippen LogP) is 5.60. The van der Waals surface area contributed by atoms with E-state index in [0.29, 0.717) is 51.7 Å². The number of morpholine rings is 1. The van der Waals surface area contributed by atoms with Crippen LogP contribution in [0.15, 0.2) is 48.6 Å². The van der Waals surface area contributed by atoms with Crippen LogP contribution in [0.25, 0.3) is 0 Å². The van der Waals surface area contributed by atoms with Crippen molar-refractivity contribution in [2.24, 2.45) is 17.8 Å². The van der Waals surface area contributed by atoms with Gasteiger partial charge in [-0.05, 0) is 105 Å². The summed E-state index contributed by atoms with van der Waals surface area (Å²) in [4.78, 5) is 18.3. The summed E-state index contributed by atoms with van der Waals surface area (Å²) in [7, 11) is -3.98. The van der Waals surface area contributed by atoms with Gasteiger partial charge in [-0.1, -0.05) is 36.6 Å². The molecule has 6 atom stereocenters. The van der Waals surface area contributed by atoms with Gasteiger partial charge in [-0.15, -0.1) is 6.42 Å². The van der Waals surface area contributed by atoms with Crippen molar-refractivity contribution in [1.82, 2.24) is 9.62 Å². The molecule has 0 unspecified atom stereocenters. The van der Waals surface area contributed by atoms with Gasteiger partial charge in [0.2, 0.25) is 10.0 Å². The number of carbonyl (C=O) groups excluding carboxylic acids is 1. The van der Waals surface area contributed by atoms with Gasteiger partial charge in [0.25, 0.3) is 5.91 Å². The Balaban J connectivity index is 1.28. The van der Waals surface area contributed by atoms with Crippen molar-refractivity contribution < 1.29 is 27.4 Å². The number of hydrogen-bond acceptors (Lipinski definition) is 8. The molecule has 1 saturated heterocycles. The van der Waals surface area contributed by atoms with Gasteiger partial charge in [0, 0.05) is 54.6 Å². The van der Waals surface area contributed by atoms with E-state index in [0.717, 1.165) is 62.4 Å². The zero-order valence-electron chi connectivity index (χ0n) is 29.7. The molecule has 1 N–H and O–H groups in total. The van der Waals surface area contributed by atoms with E-state index in [9.17, 15) is 13.2 Å². The van der Waals surface area contributed by atoms with Crippen LogP contribution in [0.4, 0.5) is 5.69 Å². The lowest BCUT2D eigenvalue weighted by molar-refractivity contribution is -0.0703. The van der Waals surface area contributed by atoms with Gasteiger partial charge in [-0.25, -0.2) is 13.1 Å². The number of allylic oxidation sites excluding steroid dienone is 1. The van der Waals surface area contributed by atoms with E-state index in [1.54, 1.807) is 19.1 Å². The van der Waals surface area contributed by atoms with Crippen molar-refractivity contribution >= 4 is 33.2 Å². The molecule has 0 aromatic heterocycles. The highest BCUT2D eigenvalue weighted by Crippen LogP contribution is 2.49. The third-order valence-corrected chi connectivity index (χ3v) is 14.3. The summed E-state index contributed by atoms with van der Waals surface area (Å²) in [6.45, 7) is 9.77. The van der Waals surface area contributed by atoms with Crippen molar-refractivity contribution in [2.45, 2.75) is 68.6 Å². The van der Waals surface area contributed by atoms with Crippen LogP contribution < -0.4 is 14.4 Å². The van der Waals surface area contributed by atoms with Crippen molar-refractivity contribution in [3.05, 3.63) is 70.3 Å². The average molecular weight is 736 g/mol. The first kappa shape index (κ1) is 36.3. The van der Waals surface area contributed by atoms with Gasteiger partial charge in [0.05, 0.1) is 37.4 Å². The molecule has 2 bridgehead atoms. The second-order valence-electron chi connectivity index (χ2n) is 15.3. The van der Waals surface area contributed by atoms with Crippen molar-refractivity contribution in [3.8, 4) is 18.1 Å². The molecule has 2 aromatic carbocycles. The fourth-order valence-electron chi connectivity index (χ4n) is 8.77. The Labute approximate surface area is 308 Å². The Bertz CT molecular complexity index is 1810. The molecule has 2 aliphatic carbocycles. The summed E-state index contributed by atoms with van der Waals surface area (Å²) in [6.07, 6.45) is 15.8.